The van der Waals surface area contributed by atoms with Crippen molar-refractivity contribution >= 4 is 11.6 Å². The Morgan fingerprint density at radius 2 is 2.00 bits per heavy atom. The Morgan fingerprint density at radius 3 is 2.64 bits per heavy atom. The summed E-state index contributed by atoms with van der Waals surface area (Å²) in [5.41, 5.74) is 2.55. The number of guanidine groups is 1. The molecular weight excluding hydrogens is 276 g/mol. The van der Waals surface area contributed by atoms with Crippen LogP contribution in [-0.4, -0.2) is 43.9 Å². The van der Waals surface area contributed by atoms with Crippen molar-refractivity contribution in [1.82, 2.24) is 10.6 Å². The average Bonchev–Trinajstić information content (AvgIpc) is 2.61. The van der Waals surface area contributed by atoms with Crippen molar-refractivity contribution in [2.45, 2.75) is 25.8 Å². The molecule has 5 heteroatoms. The smallest absolute Gasteiger partial charge is 0.191 e. The Kier molecular flexibility index (Phi) is 5.16. The van der Waals surface area contributed by atoms with Gasteiger partial charge in [-0.15, -0.1) is 0 Å². The number of aliphatic hydroxyl groups is 1. The van der Waals surface area contributed by atoms with Gasteiger partial charge in [0.2, 0.25) is 0 Å². The van der Waals surface area contributed by atoms with Crippen molar-refractivity contribution in [2.24, 2.45) is 10.9 Å². The fourth-order valence-corrected chi connectivity index (χ4v) is 3.04. The number of piperidine rings is 1. The van der Waals surface area contributed by atoms with Crippen molar-refractivity contribution in [1.29, 1.82) is 0 Å². The molecule has 1 saturated heterocycles. The summed E-state index contributed by atoms with van der Waals surface area (Å²) in [5.74, 6) is 1.41. The van der Waals surface area contributed by atoms with Crippen LogP contribution in [-0.2, 0) is 6.54 Å². The summed E-state index contributed by atoms with van der Waals surface area (Å²) < 4.78 is 0. The summed E-state index contributed by atoms with van der Waals surface area (Å²) in [7, 11) is 0. The summed E-state index contributed by atoms with van der Waals surface area (Å²) in [6, 6.07) is 8.77. The number of nitrogens with one attached hydrogen (secondary N) is 2. The number of hydrogen-bond donors (Lipinski definition) is 3. The Bertz CT molecular complexity index is 492. The second-order valence-electron chi connectivity index (χ2n) is 6.14. The average molecular weight is 302 g/mol. The van der Waals surface area contributed by atoms with Crippen molar-refractivity contribution in [3.05, 3.63) is 29.8 Å². The largest absolute Gasteiger partial charge is 0.396 e. The minimum absolute atomic E-state index is 0.330. The van der Waals surface area contributed by atoms with Crippen LogP contribution in [0, 0.1) is 5.92 Å². The maximum Gasteiger partial charge on any atom is 0.191 e. The second kappa shape index (κ2) is 7.49. The molecule has 2 aliphatic heterocycles. The van der Waals surface area contributed by atoms with Crippen LogP contribution in [0.1, 0.15) is 24.8 Å². The van der Waals surface area contributed by atoms with Crippen molar-refractivity contribution < 1.29 is 5.11 Å². The summed E-state index contributed by atoms with van der Waals surface area (Å²) >= 11 is 0. The van der Waals surface area contributed by atoms with Gasteiger partial charge in [-0.3, -0.25) is 4.99 Å². The van der Waals surface area contributed by atoms with Gasteiger partial charge in [0.25, 0.3) is 0 Å². The first kappa shape index (κ1) is 15.2. The van der Waals surface area contributed by atoms with Crippen LogP contribution < -0.4 is 15.5 Å². The lowest BCUT2D eigenvalue weighted by Crippen LogP contribution is -2.40. The molecular formula is C17H26N4O. The second-order valence-corrected chi connectivity index (χ2v) is 6.14. The van der Waals surface area contributed by atoms with E-state index in [1.54, 1.807) is 0 Å². The van der Waals surface area contributed by atoms with Gasteiger partial charge in [0.05, 0.1) is 0 Å². The normalized spacial score (nSPS) is 19.5. The van der Waals surface area contributed by atoms with E-state index in [0.717, 1.165) is 57.9 Å². The highest BCUT2D eigenvalue weighted by Gasteiger charge is 2.18. The molecule has 22 heavy (non-hydrogen) atoms. The highest BCUT2D eigenvalue weighted by molar-refractivity contribution is 5.80. The van der Waals surface area contributed by atoms with E-state index in [4.69, 9.17) is 0 Å². The number of rotatable bonds is 4. The molecule has 120 valence electrons. The Labute approximate surface area is 132 Å². The SMILES string of the molecule is OCC1CCN(c2ccc(CNC3=NCCCN3)cc2)CC1. The zero-order chi connectivity index (χ0) is 15.2. The number of hydrogen-bond acceptors (Lipinski definition) is 5. The quantitative estimate of drug-likeness (QED) is 0.785. The van der Waals surface area contributed by atoms with E-state index in [1.807, 2.05) is 0 Å². The van der Waals surface area contributed by atoms with E-state index in [0.29, 0.717) is 12.5 Å². The van der Waals surface area contributed by atoms with Gasteiger partial charge in [0, 0.05) is 45.0 Å². The molecule has 0 radical (unpaired) electrons. The highest BCUT2D eigenvalue weighted by atomic mass is 16.3. The standard InChI is InChI=1S/C17H26N4O/c22-13-15-6-10-21(11-7-15)16-4-2-14(3-5-16)12-20-17-18-8-1-9-19-17/h2-5,15,22H,1,6-13H2,(H2,18,19,20). The van der Waals surface area contributed by atoms with E-state index in [2.05, 4.69) is 44.8 Å². The molecule has 5 nitrogen and oxygen atoms in total. The topological polar surface area (TPSA) is 59.9 Å². The van der Waals surface area contributed by atoms with E-state index < -0.39 is 0 Å². The number of aliphatic hydroxyl groups excluding tert-OH is 1. The van der Waals surface area contributed by atoms with Crippen LogP contribution in [0.4, 0.5) is 5.69 Å². The van der Waals surface area contributed by atoms with Gasteiger partial charge in [-0.1, -0.05) is 12.1 Å². The molecule has 2 heterocycles. The summed E-state index contributed by atoms with van der Waals surface area (Å²) in [6.07, 6.45) is 3.30. The maximum atomic E-state index is 9.21. The van der Waals surface area contributed by atoms with Crippen LogP contribution in [0.3, 0.4) is 0 Å². The summed E-state index contributed by atoms with van der Waals surface area (Å²) in [4.78, 5) is 6.83. The van der Waals surface area contributed by atoms with Crippen LogP contribution in [0.15, 0.2) is 29.3 Å². The van der Waals surface area contributed by atoms with Crippen LogP contribution in [0.2, 0.25) is 0 Å². The summed E-state index contributed by atoms with van der Waals surface area (Å²) in [5, 5.41) is 15.8. The monoisotopic (exact) mass is 302 g/mol. The lowest BCUT2D eigenvalue weighted by atomic mass is 9.97. The molecule has 3 rings (SSSR count). The number of nitrogens with zero attached hydrogens (tertiary/aromatic N) is 2. The van der Waals surface area contributed by atoms with E-state index in [9.17, 15) is 5.11 Å². The van der Waals surface area contributed by atoms with Gasteiger partial charge in [0.15, 0.2) is 5.96 Å². The first-order chi connectivity index (χ1) is 10.8. The molecule has 3 N–H and O–H groups in total. The van der Waals surface area contributed by atoms with Gasteiger partial charge in [0.1, 0.15) is 0 Å². The predicted molar refractivity (Wildman–Crippen MR) is 90.2 cm³/mol. The van der Waals surface area contributed by atoms with Crippen LogP contribution >= 0.6 is 0 Å². The molecule has 0 amide bonds. The van der Waals surface area contributed by atoms with E-state index in [-0.39, 0.29) is 0 Å². The molecule has 0 atom stereocenters. The van der Waals surface area contributed by atoms with Gasteiger partial charge in [-0.2, -0.15) is 0 Å². The molecule has 1 aromatic carbocycles. The first-order valence-corrected chi connectivity index (χ1v) is 8.32. The molecule has 0 aromatic heterocycles. The lowest BCUT2D eigenvalue weighted by molar-refractivity contribution is 0.203. The molecule has 1 aromatic rings. The Balaban J connectivity index is 1.51. The van der Waals surface area contributed by atoms with E-state index in [1.165, 1.54) is 11.3 Å². The predicted octanol–water partition coefficient (Wildman–Crippen LogP) is 1.33. The molecule has 0 aliphatic carbocycles. The fraction of sp³-hybridized carbons (Fsp3) is 0.588. The lowest BCUT2D eigenvalue weighted by Gasteiger charge is -2.33. The fourth-order valence-electron chi connectivity index (χ4n) is 3.04. The van der Waals surface area contributed by atoms with Gasteiger partial charge in [-0.05, 0) is 42.9 Å². The van der Waals surface area contributed by atoms with Crippen molar-refractivity contribution in [3.8, 4) is 0 Å². The highest BCUT2D eigenvalue weighted by Crippen LogP contribution is 2.23. The van der Waals surface area contributed by atoms with Crippen LogP contribution in [0.5, 0.6) is 0 Å². The molecule has 0 saturated carbocycles. The maximum absolute atomic E-state index is 9.21. The summed E-state index contributed by atoms with van der Waals surface area (Å²) in [6.45, 7) is 5.15. The Hall–Kier alpha value is -1.75. The molecule has 0 spiro atoms. The van der Waals surface area contributed by atoms with Crippen molar-refractivity contribution in [2.75, 3.05) is 37.7 Å². The Morgan fingerprint density at radius 1 is 1.23 bits per heavy atom. The number of anilines is 1. The zero-order valence-corrected chi connectivity index (χ0v) is 13.1. The van der Waals surface area contributed by atoms with Gasteiger partial charge < -0.3 is 20.6 Å². The van der Waals surface area contributed by atoms with Gasteiger partial charge in [-0.25, -0.2) is 0 Å². The molecule has 1 fully saturated rings. The first-order valence-electron chi connectivity index (χ1n) is 8.32. The molecule has 0 unspecified atom stereocenters. The third-order valence-electron chi connectivity index (χ3n) is 4.53. The van der Waals surface area contributed by atoms with Gasteiger partial charge >= 0.3 is 0 Å². The number of aliphatic imine (C=N–C) groups is 1. The van der Waals surface area contributed by atoms with Crippen LogP contribution in [0.25, 0.3) is 0 Å². The third kappa shape index (κ3) is 3.91. The minimum Gasteiger partial charge on any atom is -0.396 e. The minimum atomic E-state index is 0.330. The van der Waals surface area contributed by atoms with E-state index >= 15 is 0 Å². The third-order valence-corrected chi connectivity index (χ3v) is 4.53. The number of benzene rings is 1. The zero-order valence-electron chi connectivity index (χ0n) is 13.1. The molecule has 0 bridgehead atoms. The molecule has 2 aliphatic rings. The van der Waals surface area contributed by atoms with Crippen molar-refractivity contribution in [3.63, 3.8) is 0 Å².